The number of carbonyl (C=O) groups excluding carboxylic acids is 1. The summed E-state index contributed by atoms with van der Waals surface area (Å²) in [5.74, 6) is 2.15. The summed E-state index contributed by atoms with van der Waals surface area (Å²) in [5.41, 5.74) is 3.71. The molecule has 1 saturated heterocycles. The van der Waals surface area contributed by atoms with Gasteiger partial charge in [-0.15, -0.1) is 15.3 Å². The van der Waals surface area contributed by atoms with E-state index in [1.807, 2.05) is 24.3 Å². The van der Waals surface area contributed by atoms with Crippen LogP contribution in [0.15, 0.2) is 36.7 Å². The maximum Gasteiger partial charge on any atom is 0.227 e. The van der Waals surface area contributed by atoms with E-state index in [4.69, 9.17) is 4.98 Å². The summed E-state index contributed by atoms with van der Waals surface area (Å²) < 4.78 is 4.02. The van der Waals surface area contributed by atoms with Crippen LogP contribution >= 0.6 is 0 Å². The maximum atomic E-state index is 12.9. The van der Waals surface area contributed by atoms with E-state index < -0.39 is 0 Å². The SMILES string of the molecule is O=C(Nc1ccc2c(c1)nc1n2CCCCC1)C1CCN(c2ccc3nncn3n2)CC1. The van der Waals surface area contributed by atoms with Crippen LogP contribution in [0.1, 0.15) is 37.9 Å². The van der Waals surface area contributed by atoms with Gasteiger partial charge in [0.15, 0.2) is 5.65 Å². The van der Waals surface area contributed by atoms with Gasteiger partial charge in [0, 0.05) is 37.7 Å². The van der Waals surface area contributed by atoms with Gasteiger partial charge in [0.25, 0.3) is 0 Å². The summed E-state index contributed by atoms with van der Waals surface area (Å²) >= 11 is 0. The molecule has 1 amide bonds. The molecule has 0 radical (unpaired) electrons. The lowest BCUT2D eigenvalue weighted by Crippen LogP contribution is -2.38. The van der Waals surface area contributed by atoms with Crippen molar-refractivity contribution in [2.45, 2.75) is 45.1 Å². The van der Waals surface area contributed by atoms with Gasteiger partial charge in [0.05, 0.1) is 11.0 Å². The summed E-state index contributed by atoms with van der Waals surface area (Å²) in [6.07, 6.45) is 7.92. The van der Waals surface area contributed by atoms with Crippen LogP contribution in [0.25, 0.3) is 16.7 Å². The zero-order valence-corrected chi connectivity index (χ0v) is 17.9. The van der Waals surface area contributed by atoms with Crippen molar-refractivity contribution in [3.05, 3.63) is 42.5 Å². The molecule has 0 bridgehead atoms. The van der Waals surface area contributed by atoms with Gasteiger partial charge in [0.2, 0.25) is 5.91 Å². The van der Waals surface area contributed by atoms with E-state index in [2.05, 4.69) is 36.1 Å². The first-order valence-corrected chi connectivity index (χ1v) is 11.5. The van der Waals surface area contributed by atoms with Crippen LogP contribution in [0, 0.1) is 5.92 Å². The lowest BCUT2D eigenvalue weighted by molar-refractivity contribution is -0.120. The number of piperidine rings is 1. The Hall–Kier alpha value is -3.49. The molecule has 1 N–H and O–H groups in total. The summed E-state index contributed by atoms with van der Waals surface area (Å²) in [7, 11) is 0. The molecule has 3 aromatic heterocycles. The Bertz CT molecular complexity index is 1280. The molecule has 9 nitrogen and oxygen atoms in total. The van der Waals surface area contributed by atoms with E-state index in [0.717, 1.165) is 61.6 Å². The van der Waals surface area contributed by atoms with E-state index in [-0.39, 0.29) is 11.8 Å². The van der Waals surface area contributed by atoms with Crippen LogP contribution in [0.5, 0.6) is 0 Å². The van der Waals surface area contributed by atoms with Gasteiger partial charge >= 0.3 is 0 Å². The van der Waals surface area contributed by atoms with Crippen molar-refractivity contribution in [2.75, 3.05) is 23.3 Å². The van der Waals surface area contributed by atoms with E-state index in [9.17, 15) is 4.79 Å². The minimum absolute atomic E-state index is 0.000644. The Balaban J connectivity index is 1.11. The third-order valence-corrected chi connectivity index (χ3v) is 6.71. The van der Waals surface area contributed by atoms with Crippen LogP contribution in [-0.4, -0.2) is 48.4 Å². The van der Waals surface area contributed by atoms with Crippen molar-refractivity contribution in [1.82, 2.24) is 29.4 Å². The quantitative estimate of drug-likeness (QED) is 0.537. The molecule has 6 rings (SSSR count). The molecule has 0 saturated carbocycles. The van der Waals surface area contributed by atoms with Crippen LogP contribution in [0.2, 0.25) is 0 Å². The monoisotopic (exact) mass is 430 g/mol. The van der Waals surface area contributed by atoms with Gasteiger partial charge in [-0.2, -0.15) is 4.52 Å². The van der Waals surface area contributed by atoms with Gasteiger partial charge in [-0.25, -0.2) is 4.98 Å². The summed E-state index contributed by atoms with van der Waals surface area (Å²) in [6, 6.07) is 10.0. The van der Waals surface area contributed by atoms with Crippen molar-refractivity contribution in [3.63, 3.8) is 0 Å². The first-order chi connectivity index (χ1) is 15.7. The van der Waals surface area contributed by atoms with Crippen LogP contribution < -0.4 is 10.2 Å². The standard InChI is InChI=1S/C23H26N8O/c32-23(16-9-12-29(13-10-16)22-8-7-21-27-24-15-31(21)28-22)25-17-5-6-19-18(14-17)26-20-4-2-1-3-11-30(19)20/h5-8,14-16H,1-4,9-13H2,(H,25,32). The molecule has 0 aliphatic carbocycles. The average Bonchev–Trinajstić information content (AvgIpc) is 3.35. The van der Waals surface area contributed by atoms with E-state index >= 15 is 0 Å². The number of carbonyl (C=O) groups is 1. The molecule has 0 unspecified atom stereocenters. The molecular formula is C23H26N8O. The number of fused-ring (bicyclic) bond motifs is 4. The second kappa shape index (κ2) is 7.89. The number of aryl methyl sites for hydroxylation is 2. The second-order valence-electron chi connectivity index (χ2n) is 8.77. The molecule has 1 aromatic carbocycles. The number of rotatable bonds is 3. The number of hydrogen-bond donors (Lipinski definition) is 1. The van der Waals surface area contributed by atoms with E-state index in [1.54, 1.807) is 10.8 Å². The number of hydrogen-bond acceptors (Lipinski definition) is 6. The molecule has 4 aromatic rings. The molecule has 0 spiro atoms. The van der Waals surface area contributed by atoms with Crippen molar-refractivity contribution >= 4 is 34.1 Å². The van der Waals surface area contributed by atoms with E-state index in [0.29, 0.717) is 0 Å². The molecule has 1 fully saturated rings. The number of amides is 1. The Kier molecular flexibility index (Phi) is 4.74. The van der Waals surface area contributed by atoms with Crippen LogP contribution in [0.3, 0.4) is 0 Å². The summed E-state index contributed by atoms with van der Waals surface area (Å²) in [6.45, 7) is 2.63. The van der Waals surface area contributed by atoms with Gasteiger partial charge in [-0.3, -0.25) is 4.79 Å². The van der Waals surface area contributed by atoms with Crippen molar-refractivity contribution < 1.29 is 4.79 Å². The molecule has 0 atom stereocenters. The Morgan fingerprint density at radius 3 is 2.84 bits per heavy atom. The smallest absolute Gasteiger partial charge is 0.227 e. The minimum Gasteiger partial charge on any atom is -0.355 e. The summed E-state index contributed by atoms with van der Waals surface area (Å²) in [4.78, 5) is 20.0. The highest BCUT2D eigenvalue weighted by Gasteiger charge is 2.26. The largest absolute Gasteiger partial charge is 0.355 e. The van der Waals surface area contributed by atoms with Crippen molar-refractivity contribution in [1.29, 1.82) is 0 Å². The number of imidazole rings is 1. The molecule has 2 aliphatic rings. The molecule has 164 valence electrons. The summed E-state index contributed by atoms with van der Waals surface area (Å²) in [5, 5.41) is 15.6. The molecular weight excluding hydrogens is 404 g/mol. The Morgan fingerprint density at radius 2 is 1.94 bits per heavy atom. The lowest BCUT2D eigenvalue weighted by Gasteiger charge is -2.32. The lowest BCUT2D eigenvalue weighted by atomic mass is 9.96. The first kappa shape index (κ1) is 19.2. The number of aromatic nitrogens is 6. The van der Waals surface area contributed by atoms with Gasteiger partial charge in [-0.1, -0.05) is 6.42 Å². The first-order valence-electron chi connectivity index (χ1n) is 11.5. The van der Waals surface area contributed by atoms with Crippen molar-refractivity contribution in [2.24, 2.45) is 5.92 Å². The van der Waals surface area contributed by atoms with Crippen molar-refractivity contribution in [3.8, 4) is 0 Å². The fourth-order valence-electron chi connectivity index (χ4n) is 4.93. The third kappa shape index (κ3) is 3.47. The van der Waals surface area contributed by atoms with Gasteiger partial charge in [-0.05, 0) is 56.0 Å². The number of benzene rings is 1. The highest BCUT2D eigenvalue weighted by molar-refractivity contribution is 5.94. The number of nitrogens with one attached hydrogen (secondary N) is 1. The predicted molar refractivity (Wildman–Crippen MR) is 122 cm³/mol. The van der Waals surface area contributed by atoms with Crippen LogP contribution in [0.4, 0.5) is 11.5 Å². The molecule has 32 heavy (non-hydrogen) atoms. The highest BCUT2D eigenvalue weighted by atomic mass is 16.1. The fraction of sp³-hybridized carbons (Fsp3) is 0.435. The van der Waals surface area contributed by atoms with Gasteiger partial charge < -0.3 is 14.8 Å². The Labute approximate surface area is 185 Å². The van der Waals surface area contributed by atoms with E-state index in [1.165, 1.54) is 30.6 Å². The minimum atomic E-state index is -0.000644. The fourth-order valence-corrected chi connectivity index (χ4v) is 4.93. The zero-order chi connectivity index (χ0) is 21.5. The molecule has 5 heterocycles. The highest BCUT2D eigenvalue weighted by Crippen LogP contribution is 2.26. The normalized spacial score (nSPS) is 17.4. The third-order valence-electron chi connectivity index (χ3n) is 6.71. The maximum absolute atomic E-state index is 12.9. The molecule has 2 aliphatic heterocycles. The topological polar surface area (TPSA) is 93.2 Å². The predicted octanol–water partition coefficient (Wildman–Crippen LogP) is 3.06. The average molecular weight is 431 g/mol. The van der Waals surface area contributed by atoms with Gasteiger partial charge in [0.1, 0.15) is 18.0 Å². The zero-order valence-electron chi connectivity index (χ0n) is 17.9. The Morgan fingerprint density at radius 1 is 1.03 bits per heavy atom. The molecule has 9 heteroatoms. The van der Waals surface area contributed by atoms with Crippen LogP contribution in [-0.2, 0) is 17.8 Å². The second-order valence-corrected chi connectivity index (χ2v) is 8.77. The number of anilines is 2. The number of nitrogens with zero attached hydrogens (tertiary/aromatic N) is 7.